The highest BCUT2D eigenvalue weighted by atomic mass is 35.5. The number of hydrogen-bond acceptors (Lipinski definition) is 3. The van der Waals surface area contributed by atoms with E-state index in [9.17, 15) is 9.59 Å². The number of halogens is 1. The fourth-order valence-corrected chi connectivity index (χ4v) is 5.65. The van der Waals surface area contributed by atoms with Crippen molar-refractivity contribution in [1.29, 1.82) is 0 Å². The van der Waals surface area contributed by atoms with Crippen LogP contribution >= 0.6 is 23.4 Å². The van der Waals surface area contributed by atoms with Gasteiger partial charge in [-0.05, 0) is 42.2 Å². The van der Waals surface area contributed by atoms with Gasteiger partial charge in [0.15, 0.2) is 0 Å². The zero-order valence-corrected chi connectivity index (χ0v) is 22.0. The number of hydrogen-bond donors (Lipinski definition) is 1. The van der Waals surface area contributed by atoms with Crippen molar-refractivity contribution in [3.63, 3.8) is 0 Å². The van der Waals surface area contributed by atoms with Gasteiger partial charge < -0.3 is 10.2 Å². The third kappa shape index (κ3) is 7.62. The van der Waals surface area contributed by atoms with Crippen molar-refractivity contribution in [3.8, 4) is 0 Å². The zero-order valence-electron chi connectivity index (χ0n) is 20.4. The van der Waals surface area contributed by atoms with Gasteiger partial charge >= 0.3 is 0 Å². The predicted octanol–water partition coefficient (Wildman–Crippen LogP) is 6.52. The van der Waals surface area contributed by atoms with Gasteiger partial charge in [-0.25, -0.2) is 0 Å². The topological polar surface area (TPSA) is 49.4 Å². The molecule has 3 aromatic rings. The summed E-state index contributed by atoms with van der Waals surface area (Å²) in [7, 11) is 0. The monoisotopic (exact) mass is 520 g/mol. The van der Waals surface area contributed by atoms with Crippen LogP contribution in [0.25, 0.3) is 0 Å². The van der Waals surface area contributed by atoms with Crippen LogP contribution < -0.4 is 5.32 Å². The van der Waals surface area contributed by atoms with Gasteiger partial charge in [-0.15, -0.1) is 11.8 Å². The third-order valence-electron chi connectivity index (χ3n) is 6.63. The number of thioether (sulfide) groups is 1. The molecule has 0 aromatic heterocycles. The molecule has 1 aliphatic rings. The van der Waals surface area contributed by atoms with Crippen molar-refractivity contribution in [2.24, 2.45) is 0 Å². The molecule has 1 fully saturated rings. The summed E-state index contributed by atoms with van der Waals surface area (Å²) in [6, 6.07) is 26.9. The molecule has 4 nitrogen and oxygen atoms in total. The second-order valence-electron chi connectivity index (χ2n) is 9.26. The van der Waals surface area contributed by atoms with Crippen LogP contribution in [0.15, 0.2) is 89.8 Å². The molecule has 2 amide bonds. The lowest BCUT2D eigenvalue weighted by Crippen LogP contribution is -2.53. The smallest absolute Gasteiger partial charge is 0.243 e. The van der Waals surface area contributed by atoms with E-state index in [0.717, 1.165) is 41.7 Å². The molecule has 1 atom stereocenters. The largest absolute Gasteiger partial charge is 0.352 e. The molecular formula is C30H33ClN2O2S. The molecule has 0 heterocycles. The van der Waals surface area contributed by atoms with Gasteiger partial charge in [-0.3, -0.25) is 9.59 Å². The van der Waals surface area contributed by atoms with E-state index in [2.05, 4.69) is 5.32 Å². The molecular weight excluding hydrogens is 488 g/mol. The number of carbonyl (C=O) groups is 2. The van der Waals surface area contributed by atoms with Gasteiger partial charge in [0.05, 0.1) is 5.75 Å². The normalized spacial score (nSPS) is 14.7. The van der Waals surface area contributed by atoms with Crippen molar-refractivity contribution < 1.29 is 9.59 Å². The number of carbonyl (C=O) groups excluding carboxylic acids is 2. The standard InChI is InChI=1S/C30H33ClN2O2S/c31-27-19-11-10-14-24(27)21-33(29(34)22-36-26-17-8-3-9-18-26)28(20-23-12-4-1-5-13-23)30(35)32-25-15-6-2-7-16-25/h1,3-5,8-14,17-19,25,28H,2,6-7,15-16,20-22H2,(H,32,35)/t28-/m0/s1. The maximum absolute atomic E-state index is 13.8. The van der Waals surface area contributed by atoms with Crippen molar-refractivity contribution in [1.82, 2.24) is 10.2 Å². The highest BCUT2D eigenvalue weighted by Crippen LogP contribution is 2.24. The van der Waals surface area contributed by atoms with Crippen molar-refractivity contribution >= 4 is 35.2 Å². The Morgan fingerprint density at radius 1 is 0.889 bits per heavy atom. The molecule has 0 radical (unpaired) electrons. The van der Waals surface area contributed by atoms with E-state index in [0.29, 0.717) is 11.4 Å². The van der Waals surface area contributed by atoms with Crippen LogP contribution in [0.5, 0.6) is 0 Å². The van der Waals surface area contributed by atoms with Crippen molar-refractivity contribution in [2.75, 3.05) is 5.75 Å². The number of nitrogens with zero attached hydrogens (tertiary/aromatic N) is 1. The van der Waals surface area contributed by atoms with Crippen LogP contribution in [0.1, 0.15) is 43.2 Å². The number of benzene rings is 3. The van der Waals surface area contributed by atoms with Crippen molar-refractivity contribution in [3.05, 3.63) is 101 Å². The van der Waals surface area contributed by atoms with Gasteiger partial charge in [-0.2, -0.15) is 0 Å². The molecule has 0 spiro atoms. The lowest BCUT2D eigenvalue weighted by Gasteiger charge is -2.33. The summed E-state index contributed by atoms with van der Waals surface area (Å²) in [5, 5.41) is 3.87. The van der Waals surface area contributed by atoms with Crippen LogP contribution in [0.4, 0.5) is 0 Å². The molecule has 0 aliphatic heterocycles. The fourth-order valence-electron chi connectivity index (χ4n) is 4.65. The SMILES string of the molecule is O=C(NC1CCCCC1)[C@H](Cc1ccccc1)N(Cc1ccccc1Cl)C(=O)CSc1ccccc1. The maximum atomic E-state index is 13.8. The molecule has 1 aliphatic carbocycles. The van der Waals surface area contributed by atoms with Crippen LogP contribution in [-0.4, -0.2) is 34.6 Å². The molecule has 0 unspecified atom stereocenters. The first-order valence-corrected chi connectivity index (χ1v) is 14.0. The highest BCUT2D eigenvalue weighted by Gasteiger charge is 2.32. The summed E-state index contributed by atoms with van der Waals surface area (Å²) >= 11 is 7.99. The summed E-state index contributed by atoms with van der Waals surface area (Å²) in [6.45, 7) is 0.281. The van der Waals surface area contributed by atoms with Crippen LogP contribution in [0.2, 0.25) is 5.02 Å². The van der Waals surface area contributed by atoms with Gasteiger partial charge in [0.2, 0.25) is 11.8 Å². The summed E-state index contributed by atoms with van der Waals surface area (Å²) in [6.07, 6.45) is 5.91. The van der Waals surface area contributed by atoms with Crippen LogP contribution in [0.3, 0.4) is 0 Å². The Morgan fingerprint density at radius 2 is 1.53 bits per heavy atom. The first kappa shape index (κ1) is 26.3. The number of nitrogens with one attached hydrogen (secondary N) is 1. The van der Waals surface area contributed by atoms with Gasteiger partial charge in [0.25, 0.3) is 0 Å². The molecule has 0 saturated heterocycles. The molecule has 1 N–H and O–H groups in total. The third-order valence-corrected chi connectivity index (χ3v) is 7.99. The summed E-state index contributed by atoms with van der Waals surface area (Å²) in [5.74, 6) is 0.0792. The Bertz CT molecular complexity index is 1120. The van der Waals surface area contributed by atoms with E-state index in [1.54, 1.807) is 4.90 Å². The minimum absolute atomic E-state index is 0.0801. The Kier molecular flexibility index (Phi) is 9.88. The molecule has 0 bridgehead atoms. The lowest BCUT2D eigenvalue weighted by atomic mass is 9.94. The Labute approximate surface area is 223 Å². The van der Waals surface area contributed by atoms with E-state index in [1.807, 2.05) is 84.9 Å². The number of rotatable bonds is 10. The van der Waals surface area contributed by atoms with Gasteiger partial charge in [0, 0.05) is 28.9 Å². The first-order valence-electron chi connectivity index (χ1n) is 12.6. The fraction of sp³-hybridized carbons (Fsp3) is 0.333. The van der Waals surface area contributed by atoms with Crippen LogP contribution in [0, 0.1) is 0 Å². The highest BCUT2D eigenvalue weighted by molar-refractivity contribution is 8.00. The minimum Gasteiger partial charge on any atom is -0.352 e. The second kappa shape index (κ2) is 13.5. The molecule has 188 valence electrons. The molecule has 4 rings (SSSR count). The predicted molar refractivity (Wildman–Crippen MR) is 148 cm³/mol. The number of amides is 2. The Morgan fingerprint density at radius 3 is 2.22 bits per heavy atom. The molecule has 6 heteroatoms. The van der Waals surface area contributed by atoms with E-state index in [-0.39, 0.29) is 30.2 Å². The Balaban J connectivity index is 1.61. The summed E-state index contributed by atoms with van der Waals surface area (Å²) in [5.41, 5.74) is 1.86. The summed E-state index contributed by atoms with van der Waals surface area (Å²) in [4.78, 5) is 30.3. The maximum Gasteiger partial charge on any atom is 0.243 e. The van der Waals surface area contributed by atoms with Gasteiger partial charge in [-0.1, -0.05) is 97.6 Å². The molecule has 36 heavy (non-hydrogen) atoms. The average molecular weight is 521 g/mol. The van der Waals surface area contributed by atoms with E-state index in [1.165, 1.54) is 18.2 Å². The first-order chi connectivity index (χ1) is 17.6. The molecule has 1 saturated carbocycles. The van der Waals surface area contributed by atoms with Crippen molar-refractivity contribution in [2.45, 2.75) is 62.0 Å². The quantitative estimate of drug-likeness (QED) is 0.309. The van der Waals surface area contributed by atoms with Crippen LogP contribution in [-0.2, 0) is 22.6 Å². The van der Waals surface area contributed by atoms with E-state index >= 15 is 0 Å². The minimum atomic E-state index is -0.630. The van der Waals surface area contributed by atoms with E-state index in [4.69, 9.17) is 11.6 Å². The Hall–Kier alpha value is -2.76. The summed E-state index contributed by atoms with van der Waals surface area (Å²) < 4.78 is 0. The lowest BCUT2D eigenvalue weighted by molar-refractivity contribution is -0.139. The molecule has 3 aromatic carbocycles. The van der Waals surface area contributed by atoms with Gasteiger partial charge in [0.1, 0.15) is 6.04 Å². The second-order valence-corrected chi connectivity index (χ2v) is 10.7. The average Bonchev–Trinajstić information content (AvgIpc) is 2.92. The zero-order chi connectivity index (χ0) is 25.2. The van der Waals surface area contributed by atoms with E-state index < -0.39 is 6.04 Å².